The summed E-state index contributed by atoms with van der Waals surface area (Å²) in [7, 11) is 0. The number of phenols is 2. The Bertz CT molecular complexity index is 620. The van der Waals surface area contributed by atoms with Crippen LogP contribution in [0.15, 0.2) is 42.5 Å². The lowest BCUT2D eigenvalue weighted by molar-refractivity contribution is 0.425. The molecular weight excluding hydrogens is 262 g/mol. The van der Waals surface area contributed by atoms with Gasteiger partial charge in [-0.2, -0.15) is 0 Å². The third kappa shape index (κ3) is 3.13. The second-order valence-corrected chi connectivity index (χ2v) is 6.25. The van der Waals surface area contributed by atoms with Crippen molar-refractivity contribution in [3.8, 4) is 11.5 Å². The highest BCUT2D eigenvalue weighted by atomic mass is 16.3. The molecule has 0 heterocycles. The van der Waals surface area contributed by atoms with E-state index in [0.29, 0.717) is 11.6 Å². The SMILES string of the molecule is CC(C)CC(C)(c1ccc(O)cc1)c1ccc(O)c(N)c1. The van der Waals surface area contributed by atoms with E-state index in [2.05, 4.69) is 20.8 Å². The Hall–Kier alpha value is -2.16. The van der Waals surface area contributed by atoms with Crippen LogP contribution in [0.2, 0.25) is 0 Å². The van der Waals surface area contributed by atoms with Crippen molar-refractivity contribution >= 4 is 5.69 Å². The van der Waals surface area contributed by atoms with Gasteiger partial charge in [-0.05, 0) is 47.7 Å². The lowest BCUT2D eigenvalue weighted by Crippen LogP contribution is -2.26. The predicted octanol–water partition coefficient (Wildman–Crippen LogP) is 4.03. The van der Waals surface area contributed by atoms with Gasteiger partial charge in [-0.3, -0.25) is 0 Å². The molecule has 0 amide bonds. The van der Waals surface area contributed by atoms with Crippen LogP contribution in [0.1, 0.15) is 38.3 Å². The molecule has 112 valence electrons. The molecule has 0 aromatic heterocycles. The summed E-state index contributed by atoms with van der Waals surface area (Å²) in [6.07, 6.45) is 0.946. The molecule has 1 unspecified atom stereocenters. The Morgan fingerprint density at radius 2 is 1.57 bits per heavy atom. The molecule has 2 aromatic carbocycles. The number of hydrogen-bond donors (Lipinski definition) is 3. The molecular formula is C18H23NO2. The molecule has 0 aliphatic heterocycles. The average molecular weight is 285 g/mol. The maximum atomic E-state index is 9.64. The van der Waals surface area contributed by atoms with Crippen LogP contribution < -0.4 is 5.73 Å². The van der Waals surface area contributed by atoms with E-state index in [-0.39, 0.29) is 16.9 Å². The largest absolute Gasteiger partial charge is 0.508 e. The number of hydrogen-bond acceptors (Lipinski definition) is 3. The van der Waals surface area contributed by atoms with Gasteiger partial charge in [0.2, 0.25) is 0 Å². The van der Waals surface area contributed by atoms with Gasteiger partial charge in [0.05, 0.1) is 5.69 Å². The van der Waals surface area contributed by atoms with Crippen molar-refractivity contribution in [1.82, 2.24) is 0 Å². The van der Waals surface area contributed by atoms with E-state index in [0.717, 1.165) is 17.5 Å². The molecule has 0 spiro atoms. The zero-order valence-corrected chi connectivity index (χ0v) is 12.8. The highest BCUT2D eigenvalue weighted by Crippen LogP contribution is 2.40. The highest BCUT2D eigenvalue weighted by Gasteiger charge is 2.30. The molecule has 0 radical (unpaired) electrons. The highest BCUT2D eigenvalue weighted by molar-refractivity contribution is 5.56. The molecule has 0 aliphatic carbocycles. The van der Waals surface area contributed by atoms with Gasteiger partial charge in [-0.25, -0.2) is 0 Å². The summed E-state index contributed by atoms with van der Waals surface area (Å²) in [4.78, 5) is 0. The van der Waals surface area contributed by atoms with E-state index in [1.54, 1.807) is 18.2 Å². The van der Waals surface area contributed by atoms with Gasteiger partial charge in [-0.15, -0.1) is 0 Å². The first kappa shape index (κ1) is 15.2. The van der Waals surface area contributed by atoms with Crippen molar-refractivity contribution < 1.29 is 10.2 Å². The molecule has 0 saturated carbocycles. The van der Waals surface area contributed by atoms with Crippen LogP contribution in [0.4, 0.5) is 5.69 Å². The number of anilines is 1. The van der Waals surface area contributed by atoms with Gasteiger partial charge in [-0.1, -0.05) is 39.0 Å². The summed E-state index contributed by atoms with van der Waals surface area (Å²) < 4.78 is 0. The smallest absolute Gasteiger partial charge is 0.138 e. The van der Waals surface area contributed by atoms with Crippen molar-refractivity contribution in [2.45, 2.75) is 32.6 Å². The van der Waals surface area contributed by atoms with E-state index in [1.165, 1.54) is 0 Å². The van der Waals surface area contributed by atoms with Crippen LogP contribution in [0.25, 0.3) is 0 Å². The molecule has 21 heavy (non-hydrogen) atoms. The molecule has 3 heteroatoms. The molecule has 1 atom stereocenters. The monoisotopic (exact) mass is 285 g/mol. The van der Waals surface area contributed by atoms with E-state index >= 15 is 0 Å². The zero-order valence-electron chi connectivity index (χ0n) is 12.8. The van der Waals surface area contributed by atoms with Crippen molar-refractivity contribution in [3.63, 3.8) is 0 Å². The molecule has 0 bridgehead atoms. The van der Waals surface area contributed by atoms with Gasteiger partial charge in [0.25, 0.3) is 0 Å². The lowest BCUT2D eigenvalue weighted by Gasteiger charge is -2.33. The standard InChI is InChI=1S/C18H23NO2/c1-12(2)11-18(3,13-4-7-15(20)8-5-13)14-6-9-17(21)16(19)10-14/h4-10,12,20-21H,11,19H2,1-3H3. The minimum atomic E-state index is -0.219. The first-order chi connectivity index (χ1) is 9.83. The summed E-state index contributed by atoms with van der Waals surface area (Å²) in [6.45, 7) is 6.54. The van der Waals surface area contributed by atoms with Crippen molar-refractivity contribution in [3.05, 3.63) is 53.6 Å². The Morgan fingerprint density at radius 3 is 2.10 bits per heavy atom. The van der Waals surface area contributed by atoms with Gasteiger partial charge >= 0.3 is 0 Å². The predicted molar refractivity (Wildman–Crippen MR) is 86.5 cm³/mol. The minimum Gasteiger partial charge on any atom is -0.508 e. The average Bonchev–Trinajstić information content (AvgIpc) is 2.41. The topological polar surface area (TPSA) is 66.5 Å². The number of aromatic hydroxyl groups is 2. The van der Waals surface area contributed by atoms with E-state index < -0.39 is 0 Å². The van der Waals surface area contributed by atoms with E-state index in [9.17, 15) is 10.2 Å². The normalized spacial score (nSPS) is 14.1. The van der Waals surface area contributed by atoms with Crippen LogP contribution in [0.5, 0.6) is 11.5 Å². The van der Waals surface area contributed by atoms with E-state index in [1.807, 2.05) is 24.3 Å². The maximum absolute atomic E-state index is 9.64. The van der Waals surface area contributed by atoms with Gasteiger partial charge < -0.3 is 15.9 Å². The number of benzene rings is 2. The quantitative estimate of drug-likeness (QED) is 0.587. The van der Waals surface area contributed by atoms with Gasteiger partial charge in [0.1, 0.15) is 11.5 Å². The van der Waals surface area contributed by atoms with Crippen LogP contribution in [-0.2, 0) is 5.41 Å². The summed E-state index contributed by atoms with van der Waals surface area (Å²) in [6, 6.07) is 12.7. The molecule has 0 fully saturated rings. The first-order valence-electron chi connectivity index (χ1n) is 7.21. The zero-order chi connectivity index (χ0) is 15.6. The van der Waals surface area contributed by atoms with Crippen LogP contribution in [0, 0.1) is 5.92 Å². The molecule has 2 aromatic rings. The molecule has 0 aliphatic rings. The lowest BCUT2D eigenvalue weighted by atomic mass is 9.71. The fraction of sp³-hybridized carbons (Fsp3) is 0.333. The fourth-order valence-electron chi connectivity index (χ4n) is 2.95. The molecule has 0 saturated heterocycles. The second-order valence-electron chi connectivity index (χ2n) is 6.25. The number of nitrogens with two attached hydrogens (primary N) is 1. The third-order valence-corrected chi connectivity index (χ3v) is 3.99. The Labute approximate surface area is 126 Å². The molecule has 3 nitrogen and oxygen atoms in total. The molecule has 2 rings (SSSR count). The van der Waals surface area contributed by atoms with Crippen LogP contribution in [0.3, 0.4) is 0 Å². The number of nitrogen functional groups attached to an aromatic ring is 1. The second kappa shape index (κ2) is 5.68. The van der Waals surface area contributed by atoms with Crippen molar-refractivity contribution in [1.29, 1.82) is 0 Å². The van der Waals surface area contributed by atoms with Gasteiger partial charge in [0, 0.05) is 5.41 Å². The van der Waals surface area contributed by atoms with Crippen molar-refractivity contribution in [2.75, 3.05) is 5.73 Å². The maximum Gasteiger partial charge on any atom is 0.138 e. The van der Waals surface area contributed by atoms with E-state index in [4.69, 9.17) is 5.73 Å². The van der Waals surface area contributed by atoms with Crippen LogP contribution in [-0.4, -0.2) is 10.2 Å². The number of rotatable bonds is 4. The summed E-state index contributed by atoms with van der Waals surface area (Å²) in [5.41, 5.74) is 8.22. The summed E-state index contributed by atoms with van der Waals surface area (Å²) in [5.74, 6) is 0.867. The van der Waals surface area contributed by atoms with Crippen LogP contribution >= 0.6 is 0 Å². The van der Waals surface area contributed by atoms with Crippen molar-refractivity contribution in [2.24, 2.45) is 5.92 Å². The Kier molecular flexibility index (Phi) is 4.12. The molecule has 4 N–H and O–H groups in total. The Morgan fingerprint density at radius 1 is 1.00 bits per heavy atom. The Balaban J connectivity index is 2.55. The van der Waals surface area contributed by atoms with Gasteiger partial charge in [0.15, 0.2) is 0 Å². The number of phenolic OH excluding ortho intramolecular Hbond substituents is 2. The third-order valence-electron chi connectivity index (χ3n) is 3.99. The minimum absolute atomic E-state index is 0.108. The summed E-state index contributed by atoms with van der Waals surface area (Å²) >= 11 is 0. The summed E-state index contributed by atoms with van der Waals surface area (Å²) in [5, 5.41) is 19.1. The fourth-order valence-corrected chi connectivity index (χ4v) is 2.95. The first-order valence-corrected chi connectivity index (χ1v) is 7.21.